The molecule has 5 rings (SSSR count). The molecule has 0 radical (unpaired) electrons. The summed E-state index contributed by atoms with van der Waals surface area (Å²) < 4.78 is 55.0. The van der Waals surface area contributed by atoms with Gasteiger partial charge >= 0.3 is 6.18 Å². The highest BCUT2D eigenvalue weighted by molar-refractivity contribution is 6.04. The molecule has 43 heavy (non-hydrogen) atoms. The number of nitrogens with zero attached hydrogens (tertiary/aromatic N) is 7. The van der Waals surface area contributed by atoms with E-state index in [0.29, 0.717) is 41.7 Å². The first-order valence-electron chi connectivity index (χ1n) is 13.3. The lowest BCUT2D eigenvalue weighted by Gasteiger charge is -2.25. The molecule has 0 aliphatic carbocycles. The number of carbonyl (C=O) groups is 1. The Kier molecular flexibility index (Phi) is 8.43. The number of ether oxygens (including phenoxy) is 2. The number of anilines is 2. The normalized spacial score (nSPS) is 14.0. The number of halogens is 3. The average molecular weight is 599 g/mol. The number of aryl methyl sites for hydroxylation is 1. The largest absolute Gasteiger partial charge is 0.497 e. The summed E-state index contributed by atoms with van der Waals surface area (Å²) in [5.41, 5.74) is -0.741. The van der Waals surface area contributed by atoms with Gasteiger partial charge in [-0.05, 0) is 43.2 Å². The Morgan fingerprint density at radius 2 is 1.79 bits per heavy atom. The van der Waals surface area contributed by atoms with Crippen molar-refractivity contribution in [1.29, 1.82) is 0 Å². The van der Waals surface area contributed by atoms with Gasteiger partial charge in [-0.1, -0.05) is 12.1 Å². The fraction of sp³-hybridized carbons (Fsp3) is 0.357. The fourth-order valence-corrected chi connectivity index (χ4v) is 4.57. The topological polar surface area (TPSA) is 129 Å². The summed E-state index contributed by atoms with van der Waals surface area (Å²) in [5.74, 6) is 0.594. The smallest absolute Gasteiger partial charge is 0.423 e. The molecule has 0 unspecified atom stereocenters. The van der Waals surface area contributed by atoms with E-state index in [9.17, 15) is 22.8 Å². The van der Waals surface area contributed by atoms with Crippen LogP contribution in [-0.4, -0.2) is 61.7 Å². The first-order chi connectivity index (χ1) is 20.5. The van der Waals surface area contributed by atoms with Crippen molar-refractivity contribution in [2.75, 3.05) is 30.5 Å². The number of aromatic nitrogens is 6. The fourth-order valence-electron chi connectivity index (χ4n) is 4.57. The van der Waals surface area contributed by atoms with E-state index in [2.05, 4.69) is 25.5 Å². The summed E-state index contributed by atoms with van der Waals surface area (Å²) in [4.78, 5) is 35.8. The van der Waals surface area contributed by atoms with Crippen LogP contribution in [0, 0.1) is 6.92 Å². The minimum absolute atomic E-state index is 0.00823. The third-order valence-corrected chi connectivity index (χ3v) is 6.68. The van der Waals surface area contributed by atoms with E-state index in [1.54, 1.807) is 54.3 Å². The number of nitrogens with one attached hydrogen (secondary N) is 1. The highest BCUT2D eigenvalue weighted by atomic mass is 19.4. The van der Waals surface area contributed by atoms with E-state index in [0.717, 1.165) is 16.4 Å². The first-order valence-corrected chi connectivity index (χ1v) is 13.3. The van der Waals surface area contributed by atoms with Crippen molar-refractivity contribution in [2.24, 2.45) is 0 Å². The lowest BCUT2D eigenvalue weighted by atomic mass is 10.2. The molecule has 0 fully saturated rings. The van der Waals surface area contributed by atoms with Crippen molar-refractivity contribution < 1.29 is 27.4 Å². The van der Waals surface area contributed by atoms with Gasteiger partial charge in [0.25, 0.3) is 11.5 Å². The van der Waals surface area contributed by atoms with Crippen LogP contribution in [0.3, 0.4) is 0 Å². The van der Waals surface area contributed by atoms with Gasteiger partial charge in [0.05, 0.1) is 51.0 Å². The Labute approximate surface area is 244 Å². The maximum atomic E-state index is 14.0. The number of fused-ring (bicyclic) bond motifs is 1. The molecule has 226 valence electrons. The van der Waals surface area contributed by atoms with Gasteiger partial charge < -0.3 is 14.8 Å². The second-order valence-corrected chi connectivity index (χ2v) is 10.1. The van der Waals surface area contributed by atoms with Gasteiger partial charge in [-0.15, -0.1) is 0 Å². The summed E-state index contributed by atoms with van der Waals surface area (Å²) in [5, 5.41) is 11.1. The number of hydrogen-bond donors (Lipinski definition) is 1. The zero-order valence-corrected chi connectivity index (χ0v) is 23.6. The lowest BCUT2D eigenvalue weighted by molar-refractivity contribution is -0.138. The molecule has 1 atom stereocenters. The molecule has 12 nitrogen and oxygen atoms in total. The van der Waals surface area contributed by atoms with Crippen LogP contribution in [0.5, 0.6) is 5.75 Å². The van der Waals surface area contributed by atoms with Crippen LogP contribution in [0.1, 0.15) is 39.8 Å². The van der Waals surface area contributed by atoms with Crippen LogP contribution in [-0.2, 0) is 30.6 Å². The molecule has 1 aromatic carbocycles. The standard InChI is InChI=1S/C28H29F3N8O4/c1-17-11-32-27(33-12-17)37-8-9-38-23(25(37)40)10-20(36-38)16-43-15-18(2)35-22-13-34-39(26(41)24(22)28(29,30)31)14-19-4-6-21(42-3)7-5-19/h4-7,10-13,18,35H,8-9,14-16H2,1-3H3/t18-/m0/s1. The molecule has 1 aliphatic rings. The van der Waals surface area contributed by atoms with Crippen molar-refractivity contribution in [2.45, 2.75) is 45.8 Å². The molecule has 0 saturated carbocycles. The van der Waals surface area contributed by atoms with Gasteiger partial charge in [-0.25, -0.2) is 14.6 Å². The van der Waals surface area contributed by atoms with E-state index in [-0.39, 0.29) is 25.7 Å². The molecule has 4 aromatic rings. The van der Waals surface area contributed by atoms with Crippen LogP contribution in [0.15, 0.2) is 53.7 Å². The minimum atomic E-state index is -4.91. The highest BCUT2D eigenvalue weighted by Gasteiger charge is 2.38. The minimum Gasteiger partial charge on any atom is -0.497 e. The number of methoxy groups -OCH3 is 1. The molecule has 1 aliphatic heterocycles. The Bertz CT molecular complexity index is 1650. The van der Waals surface area contributed by atoms with Gasteiger partial charge in [0.2, 0.25) is 5.95 Å². The average Bonchev–Trinajstić information content (AvgIpc) is 3.39. The van der Waals surface area contributed by atoms with Crippen molar-refractivity contribution in [1.82, 2.24) is 29.5 Å². The third kappa shape index (κ3) is 6.66. The second kappa shape index (κ2) is 12.2. The predicted octanol–water partition coefficient (Wildman–Crippen LogP) is 3.29. The van der Waals surface area contributed by atoms with Crippen LogP contribution in [0.2, 0.25) is 0 Å². The number of amides is 1. The highest BCUT2D eigenvalue weighted by Crippen LogP contribution is 2.32. The number of hydrogen-bond acceptors (Lipinski definition) is 9. The predicted molar refractivity (Wildman–Crippen MR) is 149 cm³/mol. The third-order valence-electron chi connectivity index (χ3n) is 6.68. The molecule has 0 saturated heterocycles. The van der Waals surface area contributed by atoms with Crippen LogP contribution < -0.4 is 20.5 Å². The summed E-state index contributed by atoms with van der Waals surface area (Å²) in [6.45, 7) is 4.13. The number of alkyl halides is 3. The van der Waals surface area contributed by atoms with Gasteiger partial charge in [-0.3, -0.25) is 19.2 Å². The molecule has 1 amide bonds. The molecular formula is C28H29F3N8O4. The lowest BCUT2D eigenvalue weighted by Crippen LogP contribution is -2.41. The molecule has 4 heterocycles. The summed E-state index contributed by atoms with van der Waals surface area (Å²) in [7, 11) is 1.50. The molecule has 1 N–H and O–H groups in total. The first kappa shape index (κ1) is 29.7. The van der Waals surface area contributed by atoms with E-state index in [4.69, 9.17) is 9.47 Å². The number of benzene rings is 1. The summed E-state index contributed by atoms with van der Waals surface area (Å²) in [6.07, 6.45) is -0.651. The van der Waals surface area contributed by atoms with E-state index < -0.39 is 29.0 Å². The summed E-state index contributed by atoms with van der Waals surface area (Å²) >= 11 is 0. The number of carbonyl (C=O) groups excluding carboxylic acids is 1. The van der Waals surface area contributed by atoms with Gasteiger partial charge in [0.15, 0.2) is 0 Å². The Hall–Kier alpha value is -4.79. The van der Waals surface area contributed by atoms with Crippen molar-refractivity contribution in [3.63, 3.8) is 0 Å². The van der Waals surface area contributed by atoms with E-state index in [1.807, 2.05) is 6.92 Å². The monoisotopic (exact) mass is 598 g/mol. The summed E-state index contributed by atoms with van der Waals surface area (Å²) in [6, 6.07) is 7.57. The van der Waals surface area contributed by atoms with Gasteiger partial charge in [0.1, 0.15) is 17.0 Å². The van der Waals surface area contributed by atoms with Crippen molar-refractivity contribution in [3.05, 3.63) is 87.4 Å². The van der Waals surface area contributed by atoms with E-state index in [1.165, 1.54) is 12.0 Å². The zero-order valence-electron chi connectivity index (χ0n) is 23.6. The SMILES string of the molecule is COc1ccc(Cn2ncc(N[C@@H](C)COCc3cc4n(n3)CCN(c3ncc(C)cn3)C4=O)c(C(F)(F)F)c2=O)cc1. The second-order valence-electron chi connectivity index (χ2n) is 10.1. The van der Waals surface area contributed by atoms with Crippen molar-refractivity contribution >= 4 is 17.5 Å². The van der Waals surface area contributed by atoms with Crippen molar-refractivity contribution in [3.8, 4) is 5.75 Å². The zero-order chi connectivity index (χ0) is 30.7. The Morgan fingerprint density at radius 1 is 1.07 bits per heavy atom. The van der Waals surface area contributed by atoms with Gasteiger partial charge in [0, 0.05) is 25.0 Å². The number of rotatable bonds is 10. The molecular weight excluding hydrogens is 569 g/mol. The van der Waals surface area contributed by atoms with Crippen LogP contribution >= 0.6 is 0 Å². The molecule has 0 bridgehead atoms. The quantitative estimate of drug-likeness (QED) is 0.292. The Balaban J connectivity index is 1.21. The maximum Gasteiger partial charge on any atom is 0.423 e. The molecule has 15 heteroatoms. The molecule has 3 aromatic heterocycles. The van der Waals surface area contributed by atoms with E-state index >= 15 is 0 Å². The Morgan fingerprint density at radius 3 is 2.47 bits per heavy atom. The molecule has 0 spiro atoms. The van der Waals surface area contributed by atoms with Crippen LogP contribution in [0.4, 0.5) is 24.8 Å². The van der Waals surface area contributed by atoms with Gasteiger partial charge in [-0.2, -0.15) is 23.4 Å². The van der Waals surface area contributed by atoms with Crippen LogP contribution in [0.25, 0.3) is 0 Å². The maximum absolute atomic E-state index is 14.0.